The molecule has 1 aromatic heterocycles. The summed E-state index contributed by atoms with van der Waals surface area (Å²) < 4.78 is 48.6. The number of aromatic nitrogens is 1. The zero-order valence-corrected chi connectivity index (χ0v) is 14.5. The third-order valence-electron chi connectivity index (χ3n) is 4.53. The number of halogens is 3. The molecule has 1 amide bonds. The van der Waals surface area contributed by atoms with E-state index >= 15 is 0 Å². The standard InChI is InChI=1S/C18H17F3N2O4/c1-26-10-3-4-11-9(7-10)8-13(27-2)15(11)23-17(25)12-5-6-14(18(19,20)21)22-16(12)24/h3-7,13,15H,8H2,1-2H3,(H,22,24)(H,23,25). The molecular formula is C18H17F3N2O4. The summed E-state index contributed by atoms with van der Waals surface area (Å²) in [5.74, 6) is -0.115. The average molecular weight is 382 g/mol. The van der Waals surface area contributed by atoms with Crippen molar-refractivity contribution in [1.29, 1.82) is 0 Å². The van der Waals surface area contributed by atoms with E-state index in [0.717, 1.165) is 17.2 Å². The van der Waals surface area contributed by atoms with E-state index in [1.54, 1.807) is 24.2 Å². The highest BCUT2D eigenvalue weighted by Gasteiger charge is 2.35. The summed E-state index contributed by atoms with van der Waals surface area (Å²) in [5, 5.41) is 2.68. The molecule has 1 heterocycles. The topological polar surface area (TPSA) is 80.4 Å². The number of benzene rings is 1. The van der Waals surface area contributed by atoms with Gasteiger partial charge in [-0.1, -0.05) is 6.07 Å². The van der Waals surface area contributed by atoms with Crippen LogP contribution in [0.3, 0.4) is 0 Å². The van der Waals surface area contributed by atoms with Crippen LogP contribution in [-0.4, -0.2) is 31.2 Å². The SMILES string of the molecule is COc1ccc2c(c1)CC(OC)C2NC(=O)c1ccc(C(F)(F)F)[nH]c1=O. The summed E-state index contributed by atoms with van der Waals surface area (Å²) in [5.41, 5.74) is -0.992. The average Bonchev–Trinajstić information content (AvgIpc) is 2.97. The van der Waals surface area contributed by atoms with Crippen LogP contribution in [0, 0.1) is 0 Å². The maximum atomic E-state index is 12.7. The first-order chi connectivity index (χ1) is 12.7. The number of H-pyrrole nitrogens is 1. The van der Waals surface area contributed by atoms with Crippen molar-refractivity contribution >= 4 is 5.91 Å². The highest BCUT2D eigenvalue weighted by molar-refractivity contribution is 5.94. The predicted molar refractivity (Wildman–Crippen MR) is 89.8 cm³/mol. The van der Waals surface area contributed by atoms with E-state index in [-0.39, 0.29) is 6.10 Å². The number of alkyl halides is 3. The van der Waals surface area contributed by atoms with Crippen molar-refractivity contribution in [2.75, 3.05) is 14.2 Å². The molecule has 0 spiro atoms. The van der Waals surface area contributed by atoms with Gasteiger partial charge >= 0.3 is 6.18 Å². The van der Waals surface area contributed by atoms with E-state index in [9.17, 15) is 22.8 Å². The quantitative estimate of drug-likeness (QED) is 0.851. The molecule has 2 N–H and O–H groups in total. The lowest BCUT2D eigenvalue weighted by molar-refractivity contribution is -0.141. The van der Waals surface area contributed by atoms with E-state index in [1.807, 2.05) is 6.07 Å². The Morgan fingerprint density at radius 3 is 2.56 bits per heavy atom. The first kappa shape index (κ1) is 19.0. The number of hydrogen-bond acceptors (Lipinski definition) is 4. The number of amides is 1. The highest BCUT2D eigenvalue weighted by atomic mass is 19.4. The zero-order valence-electron chi connectivity index (χ0n) is 14.5. The second-order valence-corrected chi connectivity index (χ2v) is 6.11. The van der Waals surface area contributed by atoms with Gasteiger partial charge in [-0.3, -0.25) is 9.59 Å². The molecule has 2 unspecified atom stereocenters. The summed E-state index contributed by atoms with van der Waals surface area (Å²) in [7, 11) is 3.04. The molecule has 0 aliphatic heterocycles. The number of carbonyl (C=O) groups is 1. The first-order valence-corrected chi connectivity index (χ1v) is 8.05. The van der Waals surface area contributed by atoms with Crippen LogP contribution in [0.5, 0.6) is 5.75 Å². The normalized spacial score (nSPS) is 18.9. The van der Waals surface area contributed by atoms with Crippen molar-refractivity contribution in [3.8, 4) is 5.75 Å². The van der Waals surface area contributed by atoms with Crippen LogP contribution in [0.2, 0.25) is 0 Å². The number of aromatic amines is 1. The lowest BCUT2D eigenvalue weighted by atomic mass is 10.1. The van der Waals surface area contributed by atoms with Gasteiger partial charge in [0.25, 0.3) is 11.5 Å². The number of ether oxygens (including phenoxy) is 2. The Labute approximate surface area is 152 Å². The maximum Gasteiger partial charge on any atom is 0.431 e. The molecule has 2 atom stereocenters. The molecule has 9 heteroatoms. The minimum atomic E-state index is -4.70. The Balaban J connectivity index is 1.87. The van der Waals surface area contributed by atoms with Gasteiger partial charge in [0.1, 0.15) is 17.0 Å². The number of nitrogens with one attached hydrogen (secondary N) is 2. The fourth-order valence-corrected chi connectivity index (χ4v) is 3.15. The van der Waals surface area contributed by atoms with Crippen LogP contribution in [0.4, 0.5) is 13.2 Å². The summed E-state index contributed by atoms with van der Waals surface area (Å²) in [4.78, 5) is 26.1. The molecule has 2 aromatic rings. The lowest BCUT2D eigenvalue weighted by Gasteiger charge is -2.20. The Bertz CT molecular complexity index is 924. The van der Waals surface area contributed by atoms with Crippen LogP contribution in [0.1, 0.15) is 33.2 Å². The van der Waals surface area contributed by atoms with Gasteiger partial charge < -0.3 is 19.8 Å². The summed E-state index contributed by atoms with van der Waals surface area (Å²) in [6.07, 6.45) is -4.54. The molecule has 1 aliphatic rings. The minimum absolute atomic E-state index is 0.371. The second-order valence-electron chi connectivity index (χ2n) is 6.11. The van der Waals surface area contributed by atoms with E-state index < -0.39 is 34.9 Å². The van der Waals surface area contributed by atoms with Crippen molar-refractivity contribution < 1.29 is 27.4 Å². The molecule has 0 saturated heterocycles. The van der Waals surface area contributed by atoms with Crippen molar-refractivity contribution in [3.63, 3.8) is 0 Å². The van der Waals surface area contributed by atoms with Crippen LogP contribution in [0.25, 0.3) is 0 Å². The van der Waals surface area contributed by atoms with Gasteiger partial charge in [-0.15, -0.1) is 0 Å². The third-order valence-corrected chi connectivity index (χ3v) is 4.53. The smallest absolute Gasteiger partial charge is 0.431 e. The van der Waals surface area contributed by atoms with Gasteiger partial charge in [-0.05, 0) is 35.4 Å². The van der Waals surface area contributed by atoms with Crippen molar-refractivity contribution in [3.05, 3.63) is 63.1 Å². The van der Waals surface area contributed by atoms with Crippen molar-refractivity contribution in [2.45, 2.75) is 24.7 Å². The van der Waals surface area contributed by atoms with Gasteiger partial charge in [0.15, 0.2) is 0 Å². The molecule has 0 fully saturated rings. The summed E-state index contributed by atoms with van der Waals surface area (Å²) >= 11 is 0. The van der Waals surface area contributed by atoms with Crippen LogP contribution >= 0.6 is 0 Å². The van der Waals surface area contributed by atoms with Crippen molar-refractivity contribution in [1.82, 2.24) is 10.3 Å². The number of pyridine rings is 1. The molecule has 1 aliphatic carbocycles. The first-order valence-electron chi connectivity index (χ1n) is 8.05. The van der Waals surface area contributed by atoms with Gasteiger partial charge in [-0.25, -0.2) is 0 Å². The van der Waals surface area contributed by atoms with Gasteiger partial charge in [0.05, 0.1) is 19.3 Å². The monoisotopic (exact) mass is 382 g/mol. The lowest BCUT2D eigenvalue weighted by Crippen LogP contribution is -2.37. The number of rotatable bonds is 4. The van der Waals surface area contributed by atoms with Gasteiger partial charge in [0.2, 0.25) is 0 Å². The van der Waals surface area contributed by atoms with Crippen LogP contribution in [0.15, 0.2) is 35.1 Å². The maximum absolute atomic E-state index is 12.7. The van der Waals surface area contributed by atoms with E-state index in [0.29, 0.717) is 18.2 Å². The summed E-state index contributed by atoms with van der Waals surface area (Å²) in [6, 6.07) is 6.35. The Morgan fingerprint density at radius 2 is 1.96 bits per heavy atom. The van der Waals surface area contributed by atoms with E-state index in [2.05, 4.69) is 5.32 Å². The zero-order chi connectivity index (χ0) is 19.8. The van der Waals surface area contributed by atoms with Gasteiger partial charge in [-0.2, -0.15) is 13.2 Å². The Morgan fingerprint density at radius 1 is 1.22 bits per heavy atom. The molecule has 3 rings (SSSR count). The molecule has 6 nitrogen and oxygen atoms in total. The molecular weight excluding hydrogens is 365 g/mol. The minimum Gasteiger partial charge on any atom is -0.497 e. The summed E-state index contributed by atoms with van der Waals surface area (Å²) in [6.45, 7) is 0. The molecule has 0 bridgehead atoms. The number of hydrogen-bond donors (Lipinski definition) is 2. The fourth-order valence-electron chi connectivity index (χ4n) is 3.15. The molecule has 144 valence electrons. The molecule has 27 heavy (non-hydrogen) atoms. The second kappa shape index (κ2) is 7.07. The van der Waals surface area contributed by atoms with E-state index in [1.165, 1.54) is 7.11 Å². The molecule has 0 saturated carbocycles. The molecule has 0 radical (unpaired) electrons. The largest absolute Gasteiger partial charge is 0.497 e. The number of methoxy groups -OCH3 is 2. The Hall–Kier alpha value is -2.81. The third kappa shape index (κ3) is 3.68. The Kier molecular flexibility index (Phi) is 4.97. The van der Waals surface area contributed by atoms with E-state index in [4.69, 9.17) is 9.47 Å². The van der Waals surface area contributed by atoms with Crippen LogP contribution in [-0.2, 0) is 17.3 Å². The number of carbonyl (C=O) groups excluding carboxylic acids is 1. The van der Waals surface area contributed by atoms with Gasteiger partial charge in [0, 0.05) is 13.5 Å². The predicted octanol–water partition coefficient (Wildman–Crippen LogP) is 2.44. The highest BCUT2D eigenvalue weighted by Crippen LogP contribution is 2.35. The fraction of sp³-hybridized carbons (Fsp3) is 0.333. The number of fused-ring (bicyclic) bond motifs is 1. The van der Waals surface area contributed by atoms with Crippen molar-refractivity contribution in [2.24, 2.45) is 0 Å². The molecule has 1 aromatic carbocycles. The van der Waals surface area contributed by atoms with Crippen LogP contribution < -0.4 is 15.6 Å².